The van der Waals surface area contributed by atoms with Gasteiger partial charge in [-0.3, -0.25) is 14.4 Å². The number of nitrogens with zero attached hydrogens (tertiary/aromatic N) is 1. The molecule has 4 aliphatic rings. The van der Waals surface area contributed by atoms with Crippen LogP contribution >= 0.6 is 11.8 Å². The van der Waals surface area contributed by atoms with Gasteiger partial charge in [0.2, 0.25) is 17.7 Å². The molecule has 196 valence electrons. The number of hydrogen-bond donors (Lipinski definition) is 3. The predicted octanol–water partition coefficient (Wildman–Crippen LogP) is 2.39. The van der Waals surface area contributed by atoms with Crippen molar-refractivity contribution in [1.29, 1.82) is 0 Å². The van der Waals surface area contributed by atoms with E-state index in [2.05, 4.69) is 16.0 Å². The lowest BCUT2D eigenvalue weighted by Gasteiger charge is -2.39. The quantitative estimate of drug-likeness (QED) is 0.558. The lowest BCUT2D eigenvalue weighted by atomic mass is 9.77. The maximum absolute atomic E-state index is 14.1. The number of hydrogen-bond acceptors (Lipinski definition) is 6. The van der Waals surface area contributed by atoms with E-state index in [0.717, 1.165) is 54.9 Å². The highest BCUT2D eigenvalue weighted by molar-refractivity contribution is 7.99. The van der Waals surface area contributed by atoms with Crippen LogP contribution in [0.5, 0.6) is 5.75 Å². The molecule has 1 spiro atoms. The number of thioether (sulfide) groups is 1. The van der Waals surface area contributed by atoms with Crippen molar-refractivity contribution in [2.45, 2.75) is 82.1 Å². The van der Waals surface area contributed by atoms with Gasteiger partial charge in [-0.25, -0.2) is 0 Å². The molecule has 0 bridgehead atoms. The van der Waals surface area contributed by atoms with Crippen LogP contribution in [0.2, 0.25) is 0 Å². The van der Waals surface area contributed by atoms with Crippen LogP contribution in [-0.4, -0.2) is 71.9 Å². The van der Waals surface area contributed by atoms with Crippen LogP contribution in [0.1, 0.15) is 63.5 Å². The van der Waals surface area contributed by atoms with Gasteiger partial charge in [0.15, 0.2) is 0 Å². The lowest BCUT2D eigenvalue weighted by molar-refractivity contribution is -0.145. The zero-order valence-corrected chi connectivity index (χ0v) is 22.1. The maximum atomic E-state index is 14.1. The molecule has 3 amide bonds. The Morgan fingerprint density at radius 2 is 1.92 bits per heavy atom. The average molecular weight is 515 g/mol. The largest absolute Gasteiger partial charge is 0.493 e. The number of carbonyl (C=O) groups is 3. The van der Waals surface area contributed by atoms with Gasteiger partial charge in [-0.15, -0.1) is 0 Å². The summed E-state index contributed by atoms with van der Waals surface area (Å²) in [4.78, 5) is 42.7. The van der Waals surface area contributed by atoms with Gasteiger partial charge in [0.1, 0.15) is 17.8 Å². The summed E-state index contributed by atoms with van der Waals surface area (Å²) in [5.41, 5.74) is 0.806. The van der Waals surface area contributed by atoms with E-state index >= 15 is 0 Å². The van der Waals surface area contributed by atoms with Crippen LogP contribution in [0.25, 0.3) is 0 Å². The summed E-state index contributed by atoms with van der Waals surface area (Å²) in [6, 6.07) is 6.23. The summed E-state index contributed by atoms with van der Waals surface area (Å²) >= 11 is 1.83. The number of amides is 3. The Kier molecular flexibility index (Phi) is 7.49. The van der Waals surface area contributed by atoms with Crippen LogP contribution in [0.4, 0.5) is 0 Å². The van der Waals surface area contributed by atoms with Gasteiger partial charge >= 0.3 is 0 Å². The van der Waals surface area contributed by atoms with Crippen molar-refractivity contribution in [3.05, 3.63) is 29.8 Å². The number of ether oxygens (including phenoxy) is 1. The average Bonchev–Trinajstić information content (AvgIpc) is 3.48. The number of rotatable bonds is 5. The minimum absolute atomic E-state index is 0.0137. The number of benzene rings is 1. The van der Waals surface area contributed by atoms with Crippen molar-refractivity contribution in [2.75, 3.05) is 25.2 Å². The van der Waals surface area contributed by atoms with Gasteiger partial charge < -0.3 is 25.6 Å². The van der Waals surface area contributed by atoms with Gasteiger partial charge in [-0.05, 0) is 51.5 Å². The first-order valence-electron chi connectivity index (χ1n) is 13.3. The van der Waals surface area contributed by atoms with E-state index in [1.165, 1.54) is 0 Å². The SMILES string of the molecule is CN[C@@H](C)C(=O)N[C@H]1CCSCC2CC3(CCCC3)[C@@H](C(=O)N[C@@H]3CCOc4ccccc43)N2C1=O. The topological polar surface area (TPSA) is 99.8 Å². The van der Waals surface area contributed by atoms with Gasteiger partial charge in [-0.1, -0.05) is 31.0 Å². The predicted molar refractivity (Wildman–Crippen MR) is 140 cm³/mol. The van der Waals surface area contributed by atoms with Gasteiger partial charge in [0.05, 0.1) is 18.7 Å². The normalized spacial score (nSPS) is 29.9. The zero-order chi connectivity index (χ0) is 25.3. The van der Waals surface area contributed by atoms with E-state index in [0.29, 0.717) is 19.4 Å². The second-order valence-electron chi connectivity index (χ2n) is 10.7. The molecule has 8 nitrogen and oxygen atoms in total. The second-order valence-corrected chi connectivity index (χ2v) is 11.9. The Morgan fingerprint density at radius 1 is 1.14 bits per heavy atom. The summed E-state index contributed by atoms with van der Waals surface area (Å²) in [5.74, 6) is 2.12. The molecule has 1 aromatic rings. The molecule has 1 aliphatic carbocycles. The lowest BCUT2D eigenvalue weighted by Crippen LogP contribution is -2.60. The molecule has 0 aromatic heterocycles. The first kappa shape index (κ1) is 25.4. The first-order valence-corrected chi connectivity index (χ1v) is 14.5. The molecule has 0 radical (unpaired) electrons. The molecular formula is C27H38N4O4S. The third kappa shape index (κ3) is 4.72. The smallest absolute Gasteiger partial charge is 0.246 e. The number of carbonyl (C=O) groups excluding carboxylic acids is 3. The second kappa shape index (κ2) is 10.6. The van der Waals surface area contributed by atoms with E-state index in [4.69, 9.17) is 4.74 Å². The molecule has 2 saturated heterocycles. The Labute approximate surface area is 217 Å². The molecule has 1 unspecified atom stereocenters. The van der Waals surface area contributed by atoms with Crippen molar-refractivity contribution in [1.82, 2.24) is 20.9 Å². The van der Waals surface area contributed by atoms with Crippen LogP contribution in [-0.2, 0) is 14.4 Å². The van der Waals surface area contributed by atoms with E-state index in [1.807, 2.05) is 40.9 Å². The molecule has 3 N–H and O–H groups in total. The van der Waals surface area contributed by atoms with Crippen molar-refractivity contribution >= 4 is 29.5 Å². The standard InChI is InChI=1S/C27H38N4O4S/c1-17(28-2)24(32)30-21-10-14-36-16-18-15-27(11-5-6-12-27)23(31(18)26(21)34)25(33)29-20-9-13-35-22-8-4-3-7-19(20)22/h3-4,7-8,17-18,20-21,23,28H,5-6,9-16H2,1-2H3,(H,29,33)(H,30,32)/t17-,18?,20+,21-,23+/m0/s1. The van der Waals surface area contributed by atoms with Gasteiger partial charge in [0.25, 0.3) is 0 Å². The minimum atomic E-state index is -0.612. The number of likely N-dealkylation sites (N-methyl/N-ethyl adjacent to an activating group) is 1. The molecular weight excluding hydrogens is 476 g/mol. The summed E-state index contributed by atoms with van der Waals surface area (Å²) < 4.78 is 5.80. The molecule has 36 heavy (non-hydrogen) atoms. The maximum Gasteiger partial charge on any atom is 0.246 e. The third-order valence-corrected chi connectivity index (χ3v) is 9.72. The Morgan fingerprint density at radius 3 is 2.69 bits per heavy atom. The molecule has 5 atom stereocenters. The Balaban J connectivity index is 1.43. The molecule has 1 saturated carbocycles. The van der Waals surface area contributed by atoms with Gasteiger partial charge in [-0.2, -0.15) is 11.8 Å². The molecule has 9 heteroatoms. The highest BCUT2D eigenvalue weighted by Gasteiger charge is 2.58. The fourth-order valence-electron chi connectivity index (χ4n) is 6.62. The van der Waals surface area contributed by atoms with E-state index in [-0.39, 0.29) is 41.3 Å². The van der Waals surface area contributed by atoms with Gasteiger partial charge in [0, 0.05) is 29.2 Å². The monoisotopic (exact) mass is 514 g/mol. The summed E-state index contributed by atoms with van der Waals surface area (Å²) in [5, 5.41) is 9.25. The molecule has 3 heterocycles. The number of fused-ring (bicyclic) bond motifs is 2. The van der Waals surface area contributed by atoms with Crippen LogP contribution < -0.4 is 20.7 Å². The van der Waals surface area contributed by atoms with E-state index in [1.54, 1.807) is 14.0 Å². The Bertz CT molecular complexity index is 998. The summed E-state index contributed by atoms with van der Waals surface area (Å²) in [6.45, 7) is 2.34. The van der Waals surface area contributed by atoms with Crippen molar-refractivity contribution in [3.8, 4) is 5.75 Å². The molecule has 1 aromatic carbocycles. The third-order valence-electron chi connectivity index (χ3n) is 8.57. The zero-order valence-electron chi connectivity index (χ0n) is 21.3. The number of nitrogens with one attached hydrogen (secondary N) is 3. The molecule has 3 aliphatic heterocycles. The van der Waals surface area contributed by atoms with Crippen molar-refractivity contribution in [2.24, 2.45) is 5.41 Å². The minimum Gasteiger partial charge on any atom is -0.493 e. The summed E-state index contributed by atoms with van der Waals surface area (Å²) in [6.07, 6.45) is 6.25. The highest BCUT2D eigenvalue weighted by Crippen LogP contribution is 2.53. The first-order chi connectivity index (χ1) is 17.4. The van der Waals surface area contributed by atoms with Crippen molar-refractivity contribution < 1.29 is 19.1 Å². The fourth-order valence-corrected chi connectivity index (χ4v) is 7.74. The highest BCUT2D eigenvalue weighted by atomic mass is 32.2. The van der Waals surface area contributed by atoms with E-state index < -0.39 is 12.1 Å². The van der Waals surface area contributed by atoms with Crippen LogP contribution in [0.3, 0.4) is 0 Å². The summed E-state index contributed by atoms with van der Waals surface area (Å²) in [7, 11) is 1.73. The van der Waals surface area contributed by atoms with Crippen LogP contribution in [0.15, 0.2) is 24.3 Å². The fraction of sp³-hybridized carbons (Fsp3) is 0.667. The molecule has 3 fully saturated rings. The van der Waals surface area contributed by atoms with Crippen LogP contribution in [0, 0.1) is 5.41 Å². The Hall–Kier alpha value is -2.26. The van der Waals surface area contributed by atoms with Crippen molar-refractivity contribution in [3.63, 3.8) is 0 Å². The van der Waals surface area contributed by atoms with E-state index in [9.17, 15) is 14.4 Å². The molecule has 5 rings (SSSR count). The number of para-hydroxylation sites is 1.